The van der Waals surface area contributed by atoms with Crippen LogP contribution in [0.3, 0.4) is 0 Å². The summed E-state index contributed by atoms with van der Waals surface area (Å²) in [6.07, 6.45) is 6.16. The van der Waals surface area contributed by atoms with Gasteiger partial charge in [0.25, 0.3) is 5.91 Å². The molecule has 23 heavy (non-hydrogen) atoms. The molecule has 2 rings (SSSR count). The first-order valence-electron chi connectivity index (χ1n) is 8.42. The number of aromatic nitrogens is 1. The molecule has 0 unspecified atom stereocenters. The average Bonchev–Trinajstić information content (AvgIpc) is 2.75. The average molecular weight is 322 g/mol. The topological polar surface area (TPSA) is 81.4 Å². The highest BCUT2D eigenvalue weighted by molar-refractivity contribution is 5.96. The summed E-state index contributed by atoms with van der Waals surface area (Å²) in [4.78, 5) is 24.7. The molecule has 6 nitrogen and oxygen atoms in total. The van der Waals surface area contributed by atoms with Crippen molar-refractivity contribution in [2.24, 2.45) is 5.92 Å². The molecule has 1 heterocycles. The van der Waals surface area contributed by atoms with Crippen molar-refractivity contribution in [3.05, 3.63) is 17.0 Å². The van der Waals surface area contributed by atoms with E-state index in [2.05, 4.69) is 10.5 Å². The van der Waals surface area contributed by atoms with E-state index < -0.39 is 0 Å². The number of ether oxygens (including phenoxy) is 1. The lowest BCUT2D eigenvalue weighted by atomic mass is 9.94. The van der Waals surface area contributed by atoms with Crippen molar-refractivity contribution < 1.29 is 18.8 Å². The molecule has 1 N–H and O–H groups in total. The highest BCUT2D eigenvalue weighted by atomic mass is 16.5. The van der Waals surface area contributed by atoms with Crippen molar-refractivity contribution in [2.75, 3.05) is 7.11 Å². The summed E-state index contributed by atoms with van der Waals surface area (Å²) in [7, 11) is 1.40. The Morgan fingerprint density at radius 1 is 1.30 bits per heavy atom. The van der Waals surface area contributed by atoms with Crippen LogP contribution in [0, 0.1) is 12.8 Å². The molecular formula is C17H26N2O4. The van der Waals surface area contributed by atoms with Gasteiger partial charge in [0.1, 0.15) is 11.3 Å². The first-order chi connectivity index (χ1) is 11.1. The predicted molar refractivity (Wildman–Crippen MR) is 85.1 cm³/mol. The predicted octanol–water partition coefficient (Wildman–Crippen LogP) is 2.79. The van der Waals surface area contributed by atoms with E-state index in [4.69, 9.17) is 9.26 Å². The van der Waals surface area contributed by atoms with Crippen LogP contribution in [0.1, 0.15) is 67.3 Å². The maximum absolute atomic E-state index is 12.7. The smallest absolute Gasteiger partial charge is 0.310 e. The van der Waals surface area contributed by atoms with Crippen LogP contribution >= 0.6 is 0 Å². The molecule has 0 radical (unpaired) electrons. The zero-order valence-corrected chi connectivity index (χ0v) is 14.2. The van der Waals surface area contributed by atoms with Gasteiger partial charge in [-0.3, -0.25) is 9.59 Å². The third-order valence-corrected chi connectivity index (χ3v) is 4.47. The number of rotatable bonds is 5. The van der Waals surface area contributed by atoms with E-state index in [1.807, 2.05) is 6.92 Å². The fraction of sp³-hybridized carbons (Fsp3) is 0.706. The maximum Gasteiger partial charge on any atom is 0.310 e. The quantitative estimate of drug-likeness (QED) is 0.666. The highest BCUT2D eigenvalue weighted by Crippen LogP contribution is 2.25. The molecule has 1 aromatic rings. The minimum atomic E-state index is -0.277. The zero-order chi connectivity index (χ0) is 16.8. The number of methoxy groups -OCH3 is 1. The first kappa shape index (κ1) is 17.5. The molecule has 1 aliphatic rings. The van der Waals surface area contributed by atoms with Gasteiger partial charge in [-0.2, -0.15) is 0 Å². The Morgan fingerprint density at radius 3 is 2.74 bits per heavy atom. The number of nitrogens with zero attached hydrogens (tertiary/aromatic N) is 1. The van der Waals surface area contributed by atoms with Gasteiger partial charge < -0.3 is 14.6 Å². The standard InChI is InChI=1S/C17H26N2O4/c1-4-8-14-15(11(2)19-23-14)16(20)18-13-10-7-5-6-9-12(13)17(21)22-3/h12-13H,4-10H2,1-3H3,(H,18,20)/t12-,13-/m1/s1. The molecule has 0 aliphatic heterocycles. The molecule has 1 aromatic heterocycles. The molecule has 0 spiro atoms. The van der Waals surface area contributed by atoms with E-state index in [-0.39, 0.29) is 23.8 Å². The lowest BCUT2D eigenvalue weighted by molar-refractivity contribution is -0.146. The van der Waals surface area contributed by atoms with Crippen LogP contribution in [-0.2, 0) is 16.0 Å². The van der Waals surface area contributed by atoms with Gasteiger partial charge in [0.15, 0.2) is 0 Å². The summed E-state index contributed by atoms with van der Waals surface area (Å²) >= 11 is 0. The van der Waals surface area contributed by atoms with E-state index in [0.717, 1.165) is 38.5 Å². The Balaban J connectivity index is 2.16. The third-order valence-electron chi connectivity index (χ3n) is 4.47. The zero-order valence-electron chi connectivity index (χ0n) is 14.2. The van der Waals surface area contributed by atoms with Crippen LogP contribution in [0.2, 0.25) is 0 Å². The van der Waals surface area contributed by atoms with Gasteiger partial charge in [-0.05, 0) is 26.2 Å². The monoisotopic (exact) mass is 322 g/mol. The Bertz CT molecular complexity index is 553. The number of carbonyl (C=O) groups excluding carboxylic acids is 2. The van der Waals surface area contributed by atoms with Crippen LogP contribution in [0.15, 0.2) is 4.52 Å². The second-order valence-corrected chi connectivity index (χ2v) is 6.16. The summed E-state index contributed by atoms with van der Waals surface area (Å²) < 4.78 is 10.2. The van der Waals surface area contributed by atoms with Gasteiger partial charge >= 0.3 is 5.97 Å². The number of carbonyl (C=O) groups is 2. The van der Waals surface area contributed by atoms with Crippen LogP contribution in [-0.4, -0.2) is 30.2 Å². The van der Waals surface area contributed by atoms with Crippen LogP contribution in [0.4, 0.5) is 0 Å². The minimum Gasteiger partial charge on any atom is -0.469 e. The van der Waals surface area contributed by atoms with Crippen LogP contribution in [0.25, 0.3) is 0 Å². The van der Waals surface area contributed by atoms with Gasteiger partial charge in [0.05, 0.1) is 18.7 Å². The van der Waals surface area contributed by atoms with Crippen molar-refractivity contribution >= 4 is 11.9 Å². The van der Waals surface area contributed by atoms with Crippen LogP contribution < -0.4 is 5.32 Å². The lowest BCUT2D eigenvalue weighted by Gasteiger charge is -2.24. The number of hydrogen-bond donors (Lipinski definition) is 1. The molecule has 2 atom stereocenters. The van der Waals surface area contributed by atoms with E-state index in [0.29, 0.717) is 23.4 Å². The Labute approximate surface area is 136 Å². The summed E-state index contributed by atoms with van der Waals surface area (Å²) in [5, 5.41) is 6.94. The molecule has 6 heteroatoms. The van der Waals surface area contributed by atoms with E-state index in [1.54, 1.807) is 6.92 Å². The number of aryl methyl sites for hydroxylation is 2. The van der Waals surface area contributed by atoms with Gasteiger partial charge in [-0.25, -0.2) is 0 Å². The third kappa shape index (κ3) is 4.12. The summed E-state index contributed by atoms with van der Waals surface area (Å²) in [6.45, 7) is 3.79. The Morgan fingerprint density at radius 2 is 2.04 bits per heavy atom. The Kier molecular flexibility index (Phi) is 6.19. The number of nitrogens with one attached hydrogen (secondary N) is 1. The molecule has 1 aliphatic carbocycles. The van der Waals surface area contributed by atoms with Gasteiger partial charge in [0, 0.05) is 12.5 Å². The SMILES string of the molecule is CCCc1onc(C)c1C(=O)N[C@@H]1CCCCC[C@H]1C(=O)OC. The van der Waals surface area contributed by atoms with Crippen molar-refractivity contribution in [1.82, 2.24) is 10.5 Å². The van der Waals surface area contributed by atoms with Crippen molar-refractivity contribution in [3.63, 3.8) is 0 Å². The van der Waals surface area contributed by atoms with Crippen molar-refractivity contribution in [3.8, 4) is 0 Å². The molecule has 0 saturated heterocycles. The molecule has 0 bridgehead atoms. The highest BCUT2D eigenvalue weighted by Gasteiger charge is 2.33. The van der Waals surface area contributed by atoms with Crippen LogP contribution in [0.5, 0.6) is 0 Å². The molecule has 1 amide bonds. The van der Waals surface area contributed by atoms with Gasteiger partial charge in [0.2, 0.25) is 0 Å². The second kappa shape index (κ2) is 8.13. The fourth-order valence-corrected chi connectivity index (χ4v) is 3.26. The molecule has 1 fully saturated rings. The van der Waals surface area contributed by atoms with E-state index in [9.17, 15) is 9.59 Å². The van der Waals surface area contributed by atoms with Gasteiger partial charge in [-0.1, -0.05) is 31.3 Å². The number of hydrogen-bond acceptors (Lipinski definition) is 5. The van der Waals surface area contributed by atoms with Crippen molar-refractivity contribution in [1.29, 1.82) is 0 Å². The molecule has 128 valence electrons. The van der Waals surface area contributed by atoms with Gasteiger partial charge in [-0.15, -0.1) is 0 Å². The number of amides is 1. The first-order valence-corrected chi connectivity index (χ1v) is 8.42. The normalized spacial score (nSPS) is 21.5. The largest absolute Gasteiger partial charge is 0.469 e. The molecular weight excluding hydrogens is 296 g/mol. The summed E-state index contributed by atoms with van der Waals surface area (Å²) in [5.74, 6) is -0.104. The van der Waals surface area contributed by atoms with Crippen molar-refractivity contribution in [2.45, 2.75) is 64.8 Å². The minimum absolute atomic E-state index is 0.193. The van der Waals surface area contributed by atoms with E-state index >= 15 is 0 Å². The second-order valence-electron chi connectivity index (χ2n) is 6.16. The Hall–Kier alpha value is -1.85. The number of esters is 1. The lowest BCUT2D eigenvalue weighted by Crippen LogP contribution is -2.43. The maximum atomic E-state index is 12.7. The molecule has 0 aromatic carbocycles. The summed E-state index contributed by atoms with van der Waals surface area (Å²) in [5.41, 5.74) is 1.11. The fourth-order valence-electron chi connectivity index (χ4n) is 3.26. The molecule has 1 saturated carbocycles. The van der Waals surface area contributed by atoms with E-state index in [1.165, 1.54) is 7.11 Å². The summed E-state index contributed by atoms with van der Waals surface area (Å²) in [6, 6.07) is -0.193.